The van der Waals surface area contributed by atoms with Gasteiger partial charge in [-0.2, -0.15) is 0 Å². The molecule has 5 nitrogen and oxygen atoms in total. The third-order valence-corrected chi connectivity index (χ3v) is 5.59. The van der Waals surface area contributed by atoms with Crippen molar-refractivity contribution >= 4 is 21.6 Å². The molecule has 0 radical (unpaired) electrons. The standard InChI is InChI=1S/C18H20N2O3S/c1-13-4-3-5-18(10-13)24(22,23)19-17-7-6-15-8-9-20(14(2)21)12-16(15)11-17/h3-7,10-11,19H,8-9,12H2,1-2H3. The Morgan fingerprint density at radius 3 is 2.62 bits per heavy atom. The Morgan fingerprint density at radius 1 is 1.12 bits per heavy atom. The van der Waals surface area contributed by atoms with Crippen molar-refractivity contribution in [2.75, 3.05) is 11.3 Å². The van der Waals surface area contributed by atoms with Gasteiger partial charge in [-0.15, -0.1) is 0 Å². The Kier molecular flexibility index (Phi) is 4.32. The maximum Gasteiger partial charge on any atom is 0.261 e. The Hall–Kier alpha value is -2.34. The topological polar surface area (TPSA) is 66.5 Å². The fourth-order valence-electron chi connectivity index (χ4n) is 2.89. The number of sulfonamides is 1. The predicted octanol–water partition coefficient (Wildman–Crippen LogP) is 2.70. The molecule has 1 aliphatic rings. The zero-order valence-corrected chi connectivity index (χ0v) is 14.6. The minimum Gasteiger partial charge on any atom is -0.338 e. The van der Waals surface area contributed by atoms with E-state index in [2.05, 4.69) is 4.72 Å². The lowest BCUT2D eigenvalue weighted by Gasteiger charge is -2.28. The largest absolute Gasteiger partial charge is 0.338 e. The zero-order valence-electron chi connectivity index (χ0n) is 13.7. The van der Waals surface area contributed by atoms with E-state index in [4.69, 9.17) is 0 Å². The van der Waals surface area contributed by atoms with Crippen molar-refractivity contribution in [1.82, 2.24) is 4.90 Å². The van der Waals surface area contributed by atoms with Crippen LogP contribution in [0.1, 0.15) is 23.6 Å². The highest BCUT2D eigenvalue weighted by Gasteiger charge is 2.20. The van der Waals surface area contributed by atoms with E-state index in [1.807, 2.05) is 25.1 Å². The van der Waals surface area contributed by atoms with Gasteiger partial charge in [0, 0.05) is 25.7 Å². The molecule has 6 heteroatoms. The first-order chi connectivity index (χ1) is 11.3. The number of anilines is 1. The Labute approximate surface area is 142 Å². The molecular weight excluding hydrogens is 324 g/mol. The number of aryl methyl sites for hydroxylation is 1. The molecule has 0 bridgehead atoms. The second kappa shape index (κ2) is 6.28. The second-order valence-corrected chi connectivity index (χ2v) is 7.78. The van der Waals surface area contributed by atoms with Gasteiger partial charge in [0.05, 0.1) is 4.90 Å². The molecule has 2 aromatic carbocycles. The summed E-state index contributed by atoms with van der Waals surface area (Å²) in [5, 5.41) is 0. The van der Waals surface area contributed by atoms with Crippen LogP contribution in [0.25, 0.3) is 0 Å². The molecule has 1 amide bonds. The van der Waals surface area contributed by atoms with E-state index in [1.54, 1.807) is 36.1 Å². The fraction of sp³-hybridized carbons (Fsp3) is 0.278. The van der Waals surface area contributed by atoms with Gasteiger partial charge in [0.15, 0.2) is 0 Å². The van der Waals surface area contributed by atoms with Crippen LogP contribution in [-0.2, 0) is 27.8 Å². The van der Waals surface area contributed by atoms with E-state index in [1.165, 1.54) is 0 Å². The quantitative estimate of drug-likeness (QED) is 0.931. The maximum absolute atomic E-state index is 12.5. The van der Waals surface area contributed by atoms with E-state index < -0.39 is 10.0 Å². The summed E-state index contributed by atoms with van der Waals surface area (Å²) < 4.78 is 27.7. The second-order valence-electron chi connectivity index (χ2n) is 6.10. The number of fused-ring (bicyclic) bond motifs is 1. The monoisotopic (exact) mass is 344 g/mol. The van der Waals surface area contributed by atoms with Crippen LogP contribution in [0.4, 0.5) is 5.69 Å². The first-order valence-corrected chi connectivity index (χ1v) is 9.30. The van der Waals surface area contributed by atoms with Gasteiger partial charge in [-0.05, 0) is 54.3 Å². The number of nitrogens with zero attached hydrogens (tertiary/aromatic N) is 1. The van der Waals surface area contributed by atoms with Crippen molar-refractivity contribution in [3.8, 4) is 0 Å². The molecule has 0 saturated carbocycles. The van der Waals surface area contributed by atoms with Crippen molar-refractivity contribution < 1.29 is 13.2 Å². The first kappa shape index (κ1) is 16.5. The molecule has 0 aromatic heterocycles. The molecule has 0 unspecified atom stereocenters. The van der Waals surface area contributed by atoms with Crippen molar-refractivity contribution in [1.29, 1.82) is 0 Å². The van der Waals surface area contributed by atoms with Crippen LogP contribution in [0.15, 0.2) is 47.4 Å². The maximum atomic E-state index is 12.5. The summed E-state index contributed by atoms with van der Waals surface area (Å²) >= 11 is 0. The van der Waals surface area contributed by atoms with E-state index in [9.17, 15) is 13.2 Å². The molecule has 3 rings (SSSR count). The highest BCUT2D eigenvalue weighted by Crippen LogP contribution is 2.24. The van der Waals surface area contributed by atoms with Crippen molar-refractivity contribution in [3.05, 3.63) is 59.2 Å². The van der Waals surface area contributed by atoms with Crippen LogP contribution in [-0.4, -0.2) is 25.8 Å². The number of benzene rings is 2. The SMILES string of the molecule is CC(=O)N1CCc2ccc(NS(=O)(=O)c3cccc(C)c3)cc2C1. The average molecular weight is 344 g/mol. The molecule has 0 spiro atoms. The van der Waals surface area contributed by atoms with E-state index in [0.717, 1.165) is 23.1 Å². The van der Waals surface area contributed by atoms with Crippen LogP contribution in [0, 0.1) is 6.92 Å². The fourth-order valence-corrected chi connectivity index (χ4v) is 4.04. The minimum atomic E-state index is -3.62. The lowest BCUT2D eigenvalue weighted by atomic mass is 9.99. The van der Waals surface area contributed by atoms with Gasteiger partial charge >= 0.3 is 0 Å². The summed E-state index contributed by atoms with van der Waals surface area (Å²) in [6, 6.07) is 12.3. The van der Waals surface area contributed by atoms with Crippen molar-refractivity contribution in [2.24, 2.45) is 0 Å². The molecule has 1 heterocycles. The van der Waals surface area contributed by atoms with Crippen LogP contribution in [0.3, 0.4) is 0 Å². The molecule has 0 atom stereocenters. The normalized spacial score (nSPS) is 14.2. The Bertz CT molecular complexity index is 891. The van der Waals surface area contributed by atoms with Gasteiger partial charge in [0.1, 0.15) is 0 Å². The van der Waals surface area contributed by atoms with Gasteiger partial charge in [0.25, 0.3) is 10.0 Å². The number of carbonyl (C=O) groups is 1. The van der Waals surface area contributed by atoms with Gasteiger partial charge in [0.2, 0.25) is 5.91 Å². The van der Waals surface area contributed by atoms with E-state index in [0.29, 0.717) is 18.8 Å². The van der Waals surface area contributed by atoms with E-state index >= 15 is 0 Å². The molecule has 1 aliphatic heterocycles. The molecule has 126 valence electrons. The lowest BCUT2D eigenvalue weighted by Crippen LogP contribution is -2.34. The molecule has 1 N–H and O–H groups in total. The van der Waals surface area contributed by atoms with E-state index in [-0.39, 0.29) is 10.8 Å². The third kappa shape index (κ3) is 3.43. The summed E-state index contributed by atoms with van der Waals surface area (Å²) in [5.74, 6) is 0.0337. The third-order valence-electron chi connectivity index (χ3n) is 4.22. The molecule has 0 fully saturated rings. The summed E-state index contributed by atoms with van der Waals surface area (Å²) in [5.41, 5.74) is 3.55. The first-order valence-electron chi connectivity index (χ1n) is 7.82. The average Bonchev–Trinajstić information content (AvgIpc) is 2.53. The lowest BCUT2D eigenvalue weighted by molar-refractivity contribution is -0.129. The number of nitrogens with one attached hydrogen (secondary N) is 1. The zero-order chi connectivity index (χ0) is 17.3. The summed E-state index contributed by atoms with van der Waals surface area (Å²) in [7, 11) is -3.62. The van der Waals surface area contributed by atoms with Crippen molar-refractivity contribution in [2.45, 2.75) is 31.7 Å². The number of hydrogen-bond donors (Lipinski definition) is 1. The van der Waals surface area contributed by atoms with Gasteiger partial charge in [-0.1, -0.05) is 18.2 Å². The van der Waals surface area contributed by atoms with Gasteiger partial charge < -0.3 is 4.90 Å². The Balaban J connectivity index is 1.86. The van der Waals surface area contributed by atoms with Gasteiger partial charge in [-0.3, -0.25) is 9.52 Å². The summed E-state index contributed by atoms with van der Waals surface area (Å²) in [6.07, 6.45) is 0.791. The summed E-state index contributed by atoms with van der Waals surface area (Å²) in [6.45, 7) is 4.63. The Morgan fingerprint density at radius 2 is 1.92 bits per heavy atom. The number of rotatable bonds is 3. The van der Waals surface area contributed by atoms with Crippen molar-refractivity contribution in [3.63, 3.8) is 0 Å². The highest BCUT2D eigenvalue weighted by atomic mass is 32.2. The van der Waals surface area contributed by atoms with Crippen LogP contribution in [0.2, 0.25) is 0 Å². The number of amides is 1. The van der Waals surface area contributed by atoms with Crippen LogP contribution in [0.5, 0.6) is 0 Å². The molecular formula is C18H20N2O3S. The van der Waals surface area contributed by atoms with Gasteiger partial charge in [-0.25, -0.2) is 8.42 Å². The number of hydrogen-bond acceptors (Lipinski definition) is 3. The molecule has 0 saturated heterocycles. The highest BCUT2D eigenvalue weighted by molar-refractivity contribution is 7.92. The number of carbonyl (C=O) groups excluding carboxylic acids is 1. The smallest absolute Gasteiger partial charge is 0.261 e. The summed E-state index contributed by atoms with van der Waals surface area (Å²) in [4.78, 5) is 13.6. The molecule has 0 aliphatic carbocycles. The molecule has 2 aromatic rings. The van der Waals surface area contributed by atoms with Crippen LogP contribution < -0.4 is 4.72 Å². The van der Waals surface area contributed by atoms with Crippen LogP contribution >= 0.6 is 0 Å². The molecule has 24 heavy (non-hydrogen) atoms. The predicted molar refractivity (Wildman–Crippen MR) is 93.2 cm³/mol. The minimum absolute atomic E-state index is 0.0337.